The fraction of sp³-hybridized carbons (Fsp3) is 0.867. The van der Waals surface area contributed by atoms with E-state index >= 15 is 0 Å². The zero-order valence-corrected chi connectivity index (χ0v) is 13.1. The van der Waals surface area contributed by atoms with Gasteiger partial charge in [0.1, 0.15) is 18.3 Å². The van der Waals surface area contributed by atoms with E-state index in [2.05, 4.69) is 6.58 Å². The lowest BCUT2D eigenvalue weighted by atomic mass is 10.0. The molecule has 0 spiro atoms. The highest BCUT2D eigenvalue weighted by Gasteiger charge is 2.61. The molecule has 3 aliphatic heterocycles. The van der Waals surface area contributed by atoms with Gasteiger partial charge in [-0.3, -0.25) is 0 Å². The molecule has 0 aromatic rings. The van der Waals surface area contributed by atoms with Crippen molar-refractivity contribution in [2.45, 2.75) is 76.1 Å². The fourth-order valence-electron chi connectivity index (χ4n) is 3.58. The minimum atomic E-state index is -0.650. The van der Waals surface area contributed by atoms with Crippen molar-refractivity contribution in [3.63, 3.8) is 0 Å². The minimum absolute atomic E-state index is 0.174. The lowest BCUT2D eigenvalue weighted by Gasteiger charge is -2.31. The highest BCUT2D eigenvalue weighted by Crippen LogP contribution is 2.43. The molecule has 0 amide bonds. The Morgan fingerprint density at radius 2 is 1.81 bits per heavy atom. The first-order chi connectivity index (χ1) is 9.74. The van der Waals surface area contributed by atoms with Crippen LogP contribution in [0, 0.1) is 0 Å². The van der Waals surface area contributed by atoms with Crippen LogP contribution in [-0.2, 0) is 18.9 Å². The first-order valence-corrected chi connectivity index (χ1v) is 7.50. The van der Waals surface area contributed by atoms with Crippen molar-refractivity contribution in [3.8, 4) is 0 Å². The molecule has 0 aromatic carbocycles. The van der Waals surface area contributed by atoms with Crippen molar-refractivity contribution in [2.24, 2.45) is 0 Å². The van der Waals surface area contributed by atoms with Crippen LogP contribution < -0.4 is 0 Å². The van der Waals surface area contributed by atoms with Gasteiger partial charge in [-0.1, -0.05) is 6.08 Å². The zero-order valence-electron chi connectivity index (χ0n) is 13.1. The molecule has 3 rings (SSSR count). The summed E-state index contributed by atoms with van der Waals surface area (Å²) in [4.78, 5) is 0. The Hall–Kier alpha value is -0.500. The summed E-state index contributed by atoms with van der Waals surface area (Å²) in [6.45, 7) is 11.7. The number of hydroxylamine groups is 2. The standard InChI is InChI=1S/C15H25NO5/c1-6-7-9-12-13(21-15(4,5)20-12)11(16(9)17)10-8-18-14(2,3)19-10/h6,9-13,17H,1,7-8H2,2-5H3/t9-,10-,11+,12-,13+/m1/s1. The Morgan fingerprint density at radius 1 is 1.14 bits per heavy atom. The Balaban J connectivity index is 1.84. The van der Waals surface area contributed by atoms with Gasteiger partial charge in [-0.05, 0) is 34.1 Å². The number of nitrogens with zero attached hydrogens (tertiary/aromatic N) is 1. The molecule has 0 bridgehead atoms. The molecule has 3 saturated heterocycles. The average Bonchev–Trinajstić information content (AvgIpc) is 2.93. The Labute approximate surface area is 125 Å². The molecule has 0 unspecified atom stereocenters. The predicted octanol–water partition coefficient (Wildman–Crippen LogP) is 1.68. The number of hydrogen-bond donors (Lipinski definition) is 1. The van der Waals surface area contributed by atoms with Crippen LogP contribution in [0.2, 0.25) is 0 Å². The molecule has 3 aliphatic rings. The van der Waals surface area contributed by atoms with Gasteiger partial charge in [0.25, 0.3) is 0 Å². The SMILES string of the molecule is C=CC[C@@H]1[C@H]2OC(C)(C)O[C@H]2[C@H]([C@H]2COC(C)(C)O2)N1O. The second-order valence-corrected chi connectivity index (χ2v) is 6.89. The molecule has 6 nitrogen and oxygen atoms in total. The van der Waals surface area contributed by atoms with Crippen LogP contribution in [0.15, 0.2) is 12.7 Å². The first kappa shape index (κ1) is 15.4. The summed E-state index contributed by atoms with van der Waals surface area (Å²) in [7, 11) is 0. The van der Waals surface area contributed by atoms with Gasteiger partial charge in [0, 0.05) is 0 Å². The average molecular weight is 299 g/mol. The molecule has 1 N–H and O–H groups in total. The van der Waals surface area contributed by atoms with E-state index < -0.39 is 11.6 Å². The van der Waals surface area contributed by atoms with Crippen LogP contribution in [0.4, 0.5) is 0 Å². The van der Waals surface area contributed by atoms with E-state index in [1.54, 1.807) is 6.08 Å². The molecule has 0 radical (unpaired) electrons. The maximum absolute atomic E-state index is 10.6. The van der Waals surface area contributed by atoms with E-state index in [1.807, 2.05) is 27.7 Å². The lowest BCUT2D eigenvalue weighted by molar-refractivity contribution is -0.234. The molecule has 0 aromatic heterocycles. The normalized spacial score (nSPS) is 44.9. The van der Waals surface area contributed by atoms with Gasteiger partial charge in [0.15, 0.2) is 11.6 Å². The summed E-state index contributed by atoms with van der Waals surface area (Å²) in [6.07, 6.45) is 1.74. The third-order valence-electron chi connectivity index (χ3n) is 4.34. The molecule has 0 aliphatic carbocycles. The largest absolute Gasteiger partial charge is 0.348 e. The van der Waals surface area contributed by atoms with Crippen LogP contribution in [0.3, 0.4) is 0 Å². The highest BCUT2D eigenvalue weighted by molar-refractivity contribution is 5.08. The summed E-state index contributed by atoms with van der Waals surface area (Å²) in [5.41, 5.74) is 0. The molecule has 0 saturated carbocycles. The van der Waals surface area contributed by atoms with Gasteiger partial charge >= 0.3 is 0 Å². The second kappa shape index (κ2) is 5.01. The van der Waals surface area contributed by atoms with E-state index in [1.165, 1.54) is 5.06 Å². The maximum Gasteiger partial charge on any atom is 0.163 e. The molecular formula is C15H25NO5. The lowest BCUT2D eigenvalue weighted by Crippen LogP contribution is -2.48. The molecule has 21 heavy (non-hydrogen) atoms. The van der Waals surface area contributed by atoms with E-state index in [0.717, 1.165) is 0 Å². The molecule has 3 heterocycles. The fourth-order valence-corrected chi connectivity index (χ4v) is 3.58. The third kappa shape index (κ3) is 2.65. The Morgan fingerprint density at radius 3 is 2.38 bits per heavy atom. The molecule has 5 atom stereocenters. The smallest absolute Gasteiger partial charge is 0.163 e. The van der Waals surface area contributed by atoms with Crippen molar-refractivity contribution >= 4 is 0 Å². The van der Waals surface area contributed by atoms with Crippen molar-refractivity contribution in [1.82, 2.24) is 5.06 Å². The highest BCUT2D eigenvalue weighted by atomic mass is 16.8. The summed E-state index contributed by atoms with van der Waals surface area (Å²) >= 11 is 0. The molecular weight excluding hydrogens is 274 g/mol. The summed E-state index contributed by atoms with van der Waals surface area (Å²) in [5.74, 6) is -1.28. The van der Waals surface area contributed by atoms with Gasteiger partial charge in [-0.2, -0.15) is 5.06 Å². The van der Waals surface area contributed by atoms with Crippen LogP contribution >= 0.6 is 0 Å². The van der Waals surface area contributed by atoms with Crippen molar-refractivity contribution in [2.75, 3.05) is 6.61 Å². The van der Waals surface area contributed by atoms with Crippen molar-refractivity contribution in [3.05, 3.63) is 12.7 Å². The summed E-state index contributed by atoms with van der Waals surface area (Å²) < 4.78 is 23.6. The van der Waals surface area contributed by atoms with Gasteiger partial charge in [-0.25, -0.2) is 0 Å². The molecule has 6 heteroatoms. The van der Waals surface area contributed by atoms with Crippen LogP contribution in [0.25, 0.3) is 0 Å². The monoisotopic (exact) mass is 299 g/mol. The number of rotatable bonds is 3. The topological polar surface area (TPSA) is 60.4 Å². The van der Waals surface area contributed by atoms with Crippen molar-refractivity contribution < 1.29 is 24.2 Å². The van der Waals surface area contributed by atoms with Crippen molar-refractivity contribution in [1.29, 1.82) is 0 Å². The Kier molecular flexibility index (Phi) is 3.67. The van der Waals surface area contributed by atoms with Gasteiger partial charge in [0.05, 0.1) is 18.7 Å². The molecule has 120 valence electrons. The quantitative estimate of drug-likeness (QED) is 0.800. The summed E-state index contributed by atoms with van der Waals surface area (Å²) in [6, 6.07) is -0.477. The number of ether oxygens (including phenoxy) is 4. The van der Waals surface area contributed by atoms with Crippen LogP contribution in [0.5, 0.6) is 0 Å². The Bertz CT molecular complexity index is 424. The van der Waals surface area contributed by atoms with Gasteiger partial charge < -0.3 is 24.2 Å². The zero-order chi connectivity index (χ0) is 15.4. The molecule has 3 fully saturated rings. The first-order valence-electron chi connectivity index (χ1n) is 7.50. The second-order valence-electron chi connectivity index (χ2n) is 6.89. The number of hydrogen-bond acceptors (Lipinski definition) is 6. The van der Waals surface area contributed by atoms with E-state index in [4.69, 9.17) is 18.9 Å². The van der Waals surface area contributed by atoms with E-state index in [-0.39, 0.29) is 30.4 Å². The maximum atomic E-state index is 10.6. The number of fused-ring (bicyclic) bond motifs is 1. The van der Waals surface area contributed by atoms with Gasteiger partial charge in [-0.15, -0.1) is 6.58 Å². The predicted molar refractivity (Wildman–Crippen MR) is 74.7 cm³/mol. The minimum Gasteiger partial charge on any atom is -0.348 e. The van der Waals surface area contributed by atoms with E-state index in [9.17, 15) is 5.21 Å². The van der Waals surface area contributed by atoms with Gasteiger partial charge in [0.2, 0.25) is 0 Å². The van der Waals surface area contributed by atoms with Crippen LogP contribution in [0.1, 0.15) is 34.1 Å². The third-order valence-corrected chi connectivity index (χ3v) is 4.34. The summed E-state index contributed by atoms with van der Waals surface area (Å²) in [5, 5.41) is 11.9. The van der Waals surface area contributed by atoms with E-state index in [0.29, 0.717) is 13.0 Å². The van der Waals surface area contributed by atoms with Crippen LogP contribution in [-0.4, -0.2) is 58.8 Å².